The number of H-pyrrole nitrogens is 1. The Morgan fingerprint density at radius 3 is 2.72 bits per heavy atom. The van der Waals surface area contributed by atoms with Crippen molar-refractivity contribution in [2.75, 3.05) is 7.05 Å². The maximum absolute atomic E-state index is 12.3. The van der Waals surface area contributed by atoms with E-state index in [1.807, 2.05) is 39.1 Å². The Kier molecular flexibility index (Phi) is 3.73. The van der Waals surface area contributed by atoms with Gasteiger partial charge in [-0.25, -0.2) is 4.68 Å². The van der Waals surface area contributed by atoms with Crippen LogP contribution in [0.5, 0.6) is 0 Å². The molecule has 18 heavy (non-hydrogen) atoms. The molecule has 1 aromatic carbocycles. The Balaban J connectivity index is 2.54. The van der Waals surface area contributed by atoms with Gasteiger partial charge in [0, 0.05) is 16.7 Å². The summed E-state index contributed by atoms with van der Waals surface area (Å²) in [5.74, 6) is 0. The molecule has 0 aliphatic heterocycles. The predicted octanol–water partition coefficient (Wildman–Crippen LogP) is 2.26. The summed E-state index contributed by atoms with van der Waals surface area (Å²) in [5, 5.41) is 6.11. The van der Waals surface area contributed by atoms with Crippen LogP contribution in [0.15, 0.2) is 27.5 Å². The Labute approximate surface area is 114 Å². The van der Waals surface area contributed by atoms with Gasteiger partial charge >= 0.3 is 0 Å². The fourth-order valence-corrected chi connectivity index (χ4v) is 2.24. The molecule has 0 atom stereocenters. The number of nitrogens with zero attached hydrogens (tertiary/aromatic N) is 1. The van der Waals surface area contributed by atoms with Gasteiger partial charge in [-0.15, -0.1) is 0 Å². The van der Waals surface area contributed by atoms with Crippen molar-refractivity contribution in [1.82, 2.24) is 15.1 Å². The molecular weight excluding hydrogens is 294 g/mol. The summed E-state index contributed by atoms with van der Waals surface area (Å²) in [6, 6.07) is 5.86. The number of aromatic amines is 1. The average molecular weight is 310 g/mol. The minimum Gasteiger partial charge on any atom is -0.315 e. The molecule has 0 radical (unpaired) electrons. The van der Waals surface area contributed by atoms with E-state index in [1.54, 1.807) is 4.68 Å². The van der Waals surface area contributed by atoms with E-state index in [2.05, 4.69) is 26.3 Å². The molecule has 0 fully saturated rings. The van der Waals surface area contributed by atoms with Gasteiger partial charge < -0.3 is 5.32 Å². The molecule has 1 aromatic heterocycles. The lowest BCUT2D eigenvalue weighted by Gasteiger charge is -2.04. The van der Waals surface area contributed by atoms with Crippen LogP contribution in [-0.4, -0.2) is 16.8 Å². The zero-order valence-corrected chi connectivity index (χ0v) is 12.3. The standard InChI is InChI=1S/C13H16BrN3O/c1-8-4-5-10(6-12(8)14)17-13(18)11(7-15-3)9(2)16-17/h4-6,15-16H,7H2,1-3H3. The second kappa shape index (κ2) is 5.12. The average Bonchev–Trinajstić information content (AvgIpc) is 2.61. The van der Waals surface area contributed by atoms with Crippen LogP contribution < -0.4 is 10.9 Å². The van der Waals surface area contributed by atoms with Gasteiger partial charge in [-0.1, -0.05) is 22.0 Å². The second-order valence-electron chi connectivity index (χ2n) is 4.32. The van der Waals surface area contributed by atoms with Gasteiger partial charge in [-0.2, -0.15) is 0 Å². The molecular formula is C13H16BrN3O. The van der Waals surface area contributed by atoms with Crippen molar-refractivity contribution < 1.29 is 0 Å². The Hall–Kier alpha value is -1.33. The van der Waals surface area contributed by atoms with Crippen LogP contribution in [0.25, 0.3) is 5.69 Å². The summed E-state index contributed by atoms with van der Waals surface area (Å²) >= 11 is 3.48. The first-order valence-electron chi connectivity index (χ1n) is 5.76. The van der Waals surface area contributed by atoms with E-state index in [1.165, 1.54) is 0 Å². The van der Waals surface area contributed by atoms with Gasteiger partial charge in [0.25, 0.3) is 5.56 Å². The molecule has 0 aliphatic rings. The molecule has 0 aliphatic carbocycles. The van der Waals surface area contributed by atoms with Gasteiger partial charge in [0.05, 0.1) is 11.3 Å². The molecule has 0 unspecified atom stereocenters. The van der Waals surface area contributed by atoms with E-state index in [0.29, 0.717) is 6.54 Å². The van der Waals surface area contributed by atoms with Gasteiger partial charge in [-0.3, -0.25) is 9.89 Å². The fourth-order valence-electron chi connectivity index (χ4n) is 1.87. The summed E-state index contributed by atoms with van der Waals surface area (Å²) < 4.78 is 2.57. The summed E-state index contributed by atoms with van der Waals surface area (Å²) in [4.78, 5) is 12.3. The molecule has 2 N–H and O–H groups in total. The van der Waals surface area contributed by atoms with Crippen molar-refractivity contribution in [2.24, 2.45) is 0 Å². The molecule has 5 heteroatoms. The molecule has 1 heterocycles. The number of halogens is 1. The fraction of sp³-hybridized carbons (Fsp3) is 0.308. The van der Waals surface area contributed by atoms with E-state index < -0.39 is 0 Å². The highest BCUT2D eigenvalue weighted by Crippen LogP contribution is 2.19. The van der Waals surface area contributed by atoms with Gasteiger partial charge in [0.2, 0.25) is 0 Å². The third-order valence-corrected chi connectivity index (χ3v) is 3.81. The van der Waals surface area contributed by atoms with Crippen molar-refractivity contribution in [1.29, 1.82) is 0 Å². The first-order valence-corrected chi connectivity index (χ1v) is 6.55. The van der Waals surface area contributed by atoms with Crippen molar-refractivity contribution in [3.8, 4) is 5.69 Å². The third-order valence-electron chi connectivity index (χ3n) is 2.96. The molecule has 0 saturated carbocycles. The molecule has 0 saturated heterocycles. The van der Waals surface area contributed by atoms with Crippen molar-refractivity contribution in [3.05, 3.63) is 49.8 Å². The van der Waals surface area contributed by atoms with E-state index in [-0.39, 0.29) is 5.56 Å². The summed E-state index contributed by atoms with van der Waals surface area (Å²) in [6.07, 6.45) is 0. The highest BCUT2D eigenvalue weighted by molar-refractivity contribution is 9.10. The van der Waals surface area contributed by atoms with Crippen LogP contribution in [0.4, 0.5) is 0 Å². The first-order chi connectivity index (χ1) is 8.54. The Morgan fingerprint density at radius 2 is 2.11 bits per heavy atom. The molecule has 0 spiro atoms. The van der Waals surface area contributed by atoms with Gasteiger partial charge in [0.1, 0.15) is 0 Å². The summed E-state index contributed by atoms with van der Waals surface area (Å²) in [7, 11) is 1.83. The van der Waals surface area contributed by atoms with E-state index in [9.17, 15) is 4.79 Å². The molecule has 4 nitrogen and oxygen atoms in total. The molecule has 2 rings (SSSR count). The van der Waals surface area contributed by atoms with E-state index in [4.69, 9.17) is 0 Å². The zero-order chi connectivity index (χ0) is 13.3. The van der Waals surface area contributed by atoms with Gasteiger partial charge in [-0.05, 0) is 38.6 Å². The van der Waals surface area contributed by atoms with Crippen molar-refractivity contribution in [3.63, 3.8) is 0 Å². The van der Waals surface area contributed by atoms with Crippen LogP contribution in [0.3, 0.4) is 0 Å². The number of hydrogen-bond acceptors (Lipinski definition) is 2. The maximum Gasteiger partial charge on any atom is 0.275 e. The predicted molar refractivity (Wildman–Crippen MR) is 76.3 cm³/mol. The Bertz CT molecular complexity index is 628. The number of hydrogen-bond donors (Lipinski definition) is 2. The molecule has 0 amide bonds. The van der Waals surface area contributed by atoms with Crippen molar-refractivity contribution >= 4 is 15.9 Å². The SMILES string of the molecule is CNCc1c(C)[nH]n(-c2ccc(C)c(Br)c2)c1=O. The number of rotatable bonds is 3. The summed E-state index contributed by atoms with van der Waals surface area (Å²) in [5.41, 5.74) is 3.64. The third kappa shape index (κ3) is 2.28. The number of aromatic nitrogens is 2. The summed E-state index contributed by atoms with van der Waals surface area (Å²) in [6.45, 7) is 4.50. The lowest BCUT2D eigenvalue weighted by molar-refractivity contribution is 0.801. The van der Waals surface area contributed by atoms with Crippen LogP contribution in [-0.2, 0) is 6.54 Å². The highest BCUT2D eigenvalue weighted by atomic mass is 79.9. The van der Waals surface area contributed by atoms with Crippen LogP contribution in [0.1, 0.15) is 16.8 Å². The van der Waals surface area contributed by atoms with E-state index >= 15 is 0 Å². The van der Waals surface area contributed by atoms with Crippen LogP contribution in [0.2, 0.25) is 0 Å². The zero-order valence-electron chi connectivity index (χ0n) is 10.7. The minimum atomic E-state index is -0.00222. The van der Waals surface area contributed by atoms with Crippen LogP contribution >= 0.6 is 15.9 Å². The van der Waals surface area contributed by atoms with Crippen molar-refractivity contribution in [2.45, 2.75) is 20.4 Å². The van der Waals surface area contributed by atoms with Crippen LogP contribution in [0, 0.1) is 13.8 Å². The smallest absolute Gasteiger partial charge is 0.275 e. The molecule has 2 aromatic rings. The number of aryl methyl sites for hydroxylation is 2. The number of nitrogens with one attached hydrogen (secondary N) is 2. The largest absolute Gasteiger partial charge is 0.315 e. The second-order valence-corrected chi connectivity index (χ2v) is 5.17. The topological polar surface area (TPSA) is 49.8 Å². The normalized spacial score (nSPS) is 10.9. The monoisotopic (exact) mass is 309 g/mol. The first kappa shape index (κ1) is 13.1. The maximum atomic E-state index is 12.3. The minimum absolute atomic E-state index is 0.00222. The lowest BCUT2D eigenvalue weighted by Crippen LogP contribution is -2.20. The number of benzene rings is 1. The molecule has 96 valence electrons. The highest BCUT2D eigenvalue weighted by Gasteiger charge is 2.11. The molecule has 0 bridgehead atoms. The van der Waals surface area contributed by atoms with Gasteiger partial charge in [0.15, 0.2) is 0 Å². The Morgan fingerprint density at radius 1 is 1.39 bits per heavy atom. The van der Waals surface area contributed by atoms with E-state index in [0.717, 1.165) is 27.0 Å². The lowest BCUT2D eigenvalue weighted by atomic mass is 10.2. The quantitative estimate of drug-likeness (QED) is 0.914.